The van der Waals surface area contributed by atoms with Crippen LogP contribution in [-0.2, 0) is 7.05 Å². The highest BCUT2D eigenvalue weighted by Crippen LogP contribution is 2.19. The van der Waals surface area contributed by atoms with E-state index in [1.54, 1.807) is 12.5 Å². The summed E-state index contributed by atoms with van der Waals surface area (Å²) in [7, 11) is 1.87. The monoisotopic (exact) mass is 221 g/mol. The minimum Gasteiger partial charge on any atom is -0.332 e. The Hall–Kier alpha value is -1.69. The number of aromatic nitrogens is 4. The molecule has 1 unspecified atom stereocenters. The van der Waals surface area contributed by atoms with Crippen LogP contribution in [0.1, 0.15) is 31.6 Å². The van der Waals surface area contributed by atoms with Crippen molar-refractivity contribution >= 4 is 0 Å². The van der Waals surface area contributed by atoms with Gasteiger partial charge in [-0.2, -0.15) is 4.98 Å². The van der Waals surface area contributed by atoms with Crippen LogP contribution in [0.25, 0.3) is 11.6 Å². The van der Waals surface area contributed by atoms with Gasteiger partial charge in [0.2, 0.25) is 0 Å². The molecule has 0 saturated heterocycles. The van der Waals surface area contributed by atoms with Crippen LogP contribution in [-0.4, -0.2) is 19.7 Å². The summed E-state index contributed by atoms with van der Waals surface area (Å²) < 4.78 is 6.98. The van der Waals surface area contributed by atoms with E-state index in [4.69, 9.17) is 10.3 Å². The van der Waals surface area contributed by atoms with Gasteiger partial charge >= 0.3 is 0 Å². The number of imidazole rings is 1. The van der Waals surface area contributed by atoms with Gasteiger partial charge in [0.1, 0.15) is 5.69 Å². The number of nitrogens with zero attached hydrogens (tertiary/aromatic N) is 4. The van der Waals surface area contributed by atoms with E-state index in [9.17, 15) is 0 Å². The molecular weight excluding hydrogens is 206 g/mol. The second-order valence-corrected chi connectivity index (χ2v) is 3.74. The molecule has 0 fully saturated rings. The van der Waals surface area contributed by atoms with Crippen molar-refractivity contribution in [3.05, 3.63) is 18.3 Å². The highest BCUT2D eigenvalue weighted by molar-refractivity contribution is 5.45. The van der Waals surface area contributed by atoms with Gasteiger partial charge in [-0.25, -0.2) is 4.98 Å². The van der Waals surface area contributed by atoms with E-state index in [0.29, 0.717) is 11.7 Å². The van der Waals surface area contributed by atoms with Gasteiger partial charge < -0.3 is 14.8 Å². The predicted molar refractivity (Wildman–Crippen MR) is 58.3 cm³/mol. The molecule has 0 aliphatic heterocycles. The molecule has 0 aliphatic carbocycles. The number of hydrogen-bond acceptors (Lipinski definition) is 5. The van der Waals surface area contributed by atoms with Crippen LogP contribution in [0, 0.1) is 0 Å². The summed E-state index contributed by atoms with van der Waals surface area (Å²) in [6.07, 6.45) is 5.22. The van der Waals surface area contributed by atoms with Crippen molar-refractivity contribution in [2.75, 3.05) is 0 Å². The molecular formula is C10H15N5O. The summed E-state index contributed by atoms with van der Waals surface area (Å²) in [6.45, 7) is 2.07. The average Bonchev–Trinajstić information content (AvgIpc) is 2.86. The Bertz CT molecular complexity index is 461. The maximum atomic E-state index is 5.90. The third-order valence-corrected chi connectivity index (χ3v) is 2.41. The molecule has 0 bridgehead atoms. The van der Waals surface area contributed by atoms with E-state index in [1.165, 1.54) is 0 Å². The first-order valence-corrected chi connectivity index (χ1v) is 5.28. The molecule has 2 aromatic heterocycles. The Morgan fingerprint density at radius 1 is 1.56 bits per heavy atom. The molecule has 0 aromatic carbocycles. The van der Waals surface area contributed by atoms with Crippen LogP contribution >= 0.6 is 0 Å². The summed E-state index contributed by atoms with van der Waals surface area (Å²) in [6, 6.07) is -0.157. The Balaban J connectivity index is 2.23. The molecule has 2 rings (SSSR count). The molecule has 86 valence electrons. The number of aryl methyl sites for hydroxylation is 1. The Kier molecular flexibility index (Phi) is 3.00. The molecule has 2 aromatic rings. The first-order valence-electron chi connectivity index (χ1n) is 5.28. The van der Waals surface area contributed by atoms with Gasteiger partial charge in [-0.05, 0) is 6.42 Å². The lowest BCUT2D eigenvalue weighted by molar-refractivity contribution is 0.411. The molecule has 1 atom stereocenters. The molecule has 0 spiro atoms. The van der Waals surface area contributed by atoms with Gasteiger partial charge in [0.15, 0.2) is 5.82 Å². The van der Waals surface area contributed by atoms with Crippen LogP contribution in [0.5, 0.6) is 0 Å². The standard InChI is InChI=1S/C10H15N5O/c1-3-4-7(11)9-13-10(16-14-9)8-5-12-6-15(8)2/h5-7H,3-4,11H2,1-2H3. The summed E-state index contributed by atoms with van der Waals surface area (Å²) in [5.41, 5.74) is 6.70. The predicted octanol–water partition coefficient (Wildman–Crippen LogP) is 1.27. The van der Waals surface area contributed by atoms with Gasteiger partial charge in [-0.1, -0.05) is 18.5 Å². The number of hydrogen-bond donors (Lipinski definition) is 1. The molecule has 16 heavy (non-hydrogen) atoms. The summed E-state index contributed by atoms with van der Waals surface area (Å²) in [4.78, 5) is 8.26. The highest BCUT2D eigenvalue weighted by Gasteiger charge is 2.16. The topological polar surface area (TPSA) is 82.8 Å². The van der Waals surface area contributed by atoms with Crippen LogP contribution in [0.4, 0.5) is 0 Å². The van der Waals surface area contributed by atoms with Crippen molar-refractivity contribution in [2.45, 2.75) is 25.8 Å². The fourth-order valence-corrected chi connectivity index (χ4v) is 1.49. The van der Waals surface area contributed by atoms with Crippen molar-refractivity contribution in [2.24, 2.45) is 12.8 Å². The lowest BCUT2D eigenvalue weighted by Gasteiger charge is -2.02. The molecule has 2 N–H and O–H groups in total. The number of nitrogens with two attached hydrogens (primary N) is 1. The molecule has 0 aliphatic rings. The van der Waals surface area contributed by atoms with E-state index in [-0.39, 0.29) is 6.04 Å². The maximum Gasteiger partial charge on any atom is 0.276 e. The lowest BCUT2D eigenvalue weighted by Crippen LogP contribution is -2.11. The third kappa shape index (κ3) is 1.96. The second kappa shape index (κ2) is 4.44. The zero-order chi connectivity index (χ0) is 11.5. The normalized spacial score (nSPS) is 12.9. The fourth-order valence-electron chi connectivity index (χ4n) is 1.49. The minimum absolute atomic E-state index is 0.157. The van der Waals surface area contributed by atoms with Crippen LogP contribution < -0.4 is 5.73 Å². The van der Waals surface area contributed by atoms with Gasteiger partial charge in [-0.3, -0.25) is 0 Å². The van der Waals surface area contributed by atoms with Gasteiger partial charge in [0.05, 0.1) is 18.6 Å². The smallest absolute Gasteiger partial charge is 0.276 e. The minimum atomic E-state index is -0.157. The van der Waals surface area contributed by atoms with Crippen molar-refractivity contribution in [1.82, 2.24) is 19.7 Å². The summed E-state index contributed by atoms with van der Waals surface area (Å²) in [5.74, 6) is 1.01. The second-order valence-electron chi connectivity index (χ2n) is 3.74. The van der Waals surface area contributed by atoms with Gasteiger partial charge in [0, 0.05) is 7.05 Å². The summed E-state index contributed by atoms with van der Waals surface area (Å²) in [5, 5.41) is 3.88. The van der Waals surface area contributed by atoms with E-state index >= 15 is 0 Å². The van der Waals surface area contributed by atoms with Crippen LogP contribution in [0.15, 0.2) is 17.0 Å². The molecule has 0 radical (unpaired) electrons. The largest absolute Gasteiger partial charge is 0.332 e. The van der Waals surface area contributed by atoms with Crippen molar-refractivity contribution in [3.8, 4) is 11.6 Å². The Morgan fingerprint density at radius 3 is 3.00 bits per heavy atom. The van der Waals surface area contributed by atoms with Gasteiger partial charge in [-0.15, -0.1) is 0 Å². The fraction of sp³-hybridized carbons (Fsp3) is 0.500. The van der Waals surface area contributed by atoms with E-state index in [2.05, 4.69) is 22.0 Å². The molecule has 0 saturated carbocycles. The number of rotatable bonds is 4. The van der Waals surface area contributed by atoms with Crippen LogP contribution in [0.3, 0.4) is 0 Å². The van der Waals surface area contributed by atoms with E-state index in [0.717, 1.165) is 18.5 Å². The van der Waals surface area contributed by atoms with Crippen molar-refractivity contribution in [1.29, 1.82) is 0 Å². The molecule has 2 heterocycles. The Morgan fingerprint density at radius 2 is 2.38 bits per heavy atom. The van der Waals surface area contributed by atoms with Gasteiger partial charge in [0.25, 0.3) is 5.89 Å². The van der Waals surface area contributed by atoms with Crippen molar-refractivity contribution < 1.29 is 4.52 Å². The maximum absolute atomic E-state index is 5.90. The van der Waals surface area contributed by atoms with Crippen LogP contribution in [0.2, 0.25) is 0 Å². The molecule has 6 heteroatoms. The zero-order valence-corrected chi connectivity index (χ0v) is 9.42. The first-order chi connectivity index (χ1) is 7.72. The molecule has 6 nitrogen and oxygen atoms in total. The SMILES string of the molecule is CCCC(N)c1noc(-c2cncn2C)n1. The average molecular weight is 221 g/mol. The van der Waals surface area contributed by atoms with E-state index < -0.39 is 0 Å². The highest BCUT2D eigenvalue weighted by atomic mass is 16.5. The lowest BCUT2D eigenvalue weighted by atomic mass is 10.2. The Labute approximate surface area is 93.5 Å². The zero-order valence-electron chi connectivity index (χ0n) is 9.42. The van der Waals surface area contributed by atoms with Crippen molar-refractivity contribution in [3.63, 3.8) is 0 Å². The van der Waals surface area contributed by atoms with E-state index in [1.807, 2.05) is 11.6 Å². The third-order valence-electron chi connectivity index (χ3n) is 2.41. The quantitative estimate of drug-likeness (QED) is 0.840. The first kappa shape index (κ1) is 10.8. The molecule has 0 amide bonds. The summed E-state index contributed by atoms with van der Waals surface area (Å²) >= 11 is 0.